The van der Waals surface area contributed by atoms with Gasteiger partial charge in [0, 0.05) is 12.3 Å². The Morgan fingerprint density at radius 1 is 1.21 bits per heavy atom. The number of carbonyl (C=O) groups excluding carboxylic acids is 1. The second kappa shape index (κ2) is 4.72. The van der Waals surface area contributed by atoms with Crippen molar-refractivity contribution in [1.29, 1.82) is 0 Å². The first-order valence-electron chi connectivity index (χ1n) is 6.31. The smallest absolute Gasteiger partial charge is 0.253 e. The van der Waals surface area contributed by atoms with Crippen molar-refractivity contribution in [2.75, 3.05) is 0 Å². The minimum absolute atomic E-state index is 0.0654. The van der Waals surface area contributed by atoms with Crippen LogP contribution in [0.1, 0.15) is 33.9 Å². The molecule has 1 aromatic heterocycles. The average Bonchev–Trinajstić information content (AvgIpc) is 2.83. The van der Waals surface area contributed by atoms with Gasteiger partial charge in [-0.05, 0) is 30.0 Å². The van der Waals surface area contributed by atoms with E-state index in [2.05, 4.69) is 22.4 Å². The quantitative estimate of drug-likeness (QED) is 0.858. The van der Waals surface area contributed by atoms with Crippen molar-refractivity contribution < 1.29 is 4.79 Å². The van der Waals surface area contributed by atoms with Crippen LogP contribution in [0.25, 0.3) is 0 Å². The Balaban J connectivity index is 1.78. The van der Waals surface area contributed by atoms with E-state index in [0.29, 0.717) is 5.56 Å². The van der Waals surface area contributed by atoms with Gasteiger partial charge in [-0.2, -0.15) is 0 Å². The fourth-order valence-corrected chi connectivity index (χ4v) is 2.50. The van der Waals surface area contributed by atoms with Crippen LogP contribution in [-0.4, -0.2) is 10.9 Å². The third-order valence-electron chi connectivity index (χ3n) is 3.48. The summed E-state index contributed by atoms with van der Waals surface area (Å²) in [5.74, 6) is -0.155. The third-order valence-corrected chi connectivity index (χ3v) is 3.48. The van der Waals surface area contributed by atoms with E-state index in [9.17, 15) is 9.59 Å². The van der Waals surface area contributed by atoms with Crippen molar-refractivity contribution >= 4 is 5.91 Å². The number of carbonyl (C=O) groups is 1. The number of H-pyrrole nitrogens is 1. The first-order valence-corrected chi connectivity index (χ1v) is 6.31. The monoisotopic (exact) mass is 254 g/mol. The largest absolute Gasteiger partial charge is 0.345 e. The van der Waals surface area contributed by atoms with Gasteiger partial charge < -0.3 is 10.3 Å². The number of fused-ring (bicyclic) bond motifs is 1. The zero-order chi connectivity index (χ0) is 13.2. The number of aromatic amines is 1. The van der Waals surface area contributed by atoms with E-state index in [4.69, 9.17) is 0 Å². The Labute approximate surface area is 110 Å². The Kier molecular flexibility index (Phi) is 2.91. The Bertz CT molecular complexity index is 655. The summed E-state index contributed by atoms with van der Waals surface area (Å²) in [7, 11) is 0. The summed E-state index contributed by atoms with van der Waals surface area (Å²) >= 11 is 0. The first-order chi connectivity index (χ1) is 9.24. The summed E-state index contributed by atoms with van der Waals surface area (Å²) in [5.41, 5.74) is 2.77. The van der Waals surface area contributed by atoms with Crippen LogP contribution in [0.4, 0.5) is 0 Å². The molecule has 0 radical (unpaired) electrons. The van der Waals surface area contributed by atoms with Crippen LogP contribution in [0.3, 0.4) is 0 Å². The second-order valence-electron chi connectivity index (χ2n) is 4.71. The van der Waals surface area contributed by atoms with Crippen molar-refractivity contribution in [1.82, 2.24) is 10.3 Å². The van der Waals surface area contributed by atoms with Crippen molar-refractivity contribution in [3.05, 3.63) is 69.6 Å². The average molecular weight is 254 g/mol. The molecule has 1 amide bonds. The number of aromatic nitrogens is 1. The Morgan fingerprint density at radius 2 is 2.05 bits per heavy atom. The molecule has 4 heteroatoms. The molecule has 1 aliphatic rings. The van der Waals surface area contributed by atoms with E-state index in [-0.39, 0.29) is 17.5 Å². The molecule has 96 valence electrons. The highest BCUT2D eigenvalue weighted by molar-refractivity contribution is 5.94. The van der Waals surface area contributed by atoms with Crippen LogP contribution >= 0.6 is 0 Å². The Morgan fingerprint density at radius 3 is 2.84 bits per heavy atom. The summed E-state index contributed by atoms with van der Waals surface area (Å²) in [6.07, 6.45) is 3.36. The topological polar surface area (TPSA) is 62.0 Å². The maximum Gasteiger partial charge on any atom is 0.253 e. The summed E-state index contributed by atoms with van der Waals surface area (Å²) in [4.78, 5) is 25.6. The van der Waals surface area contributed by atoms with Crippen LogP contribution in [0.15, 0.2) is 47.4 Å². The molecule has 0 bridgehead atoms. The molecule has 4 nitrogen and oxygen atoms in total. The van der Waals surface area contributed by atoms with Crippen LogP contribution in [0.5, 0.6) is 0 Å². The number of aryl methyl sites for hydroxylation is 1. The van der Waals surface area contributed by atoms with Gasteiger partial charge in [-0.25, -0.2) is 0 Å². The second-order valence-corrected chi connectivity index (χ2v) is 4.71. The number of hydrogen-bond donors (Lipinski definition) is 2. The lowest BCUT2D eigenvalue weighted by atomic mass is 10.1. The fourth-order valence-electron chi connectivity index (χ4n) is 2.50. The summed E-state index contributed by atoms with van der Waals surface area (Å²) < 4.78 is 0. The summed E-state index contributed by atoms with van der Waals surface area (Å²) in [6.45, 7) is 0. The molecule has 2 N–H and O–H groups in total. The van der Waals surface area contributed by atoms with E-state index >= 15 is 0 Å². The van der Waals surface area contributed by atoms with E-state index in [1.165, 1.54) is 29.5 Å². The zero-order valence-corrected chi connectivity index (χ0v) is 10.3. The highest BCUT2D eigenvalue weighted by Gasteiger charge is 2.23. The Hall–Kier alpha value is -2.36. The van der Waals surface area contributed by atoms with Crippen molar-refractivity contribution in [2.24, 2.45) is 0 Å². The highest BCUT2D eigenvalue weighted by atomic mass is 16.2. The normalized spacial score (nSPS) is 16.9. The molecule has 19 heavy (non-hydrogen) atoms. The predicted octanol–water partition coefficient (Wildman–Crippen LogP) is 1.79. The molecule has 1 aliphatic carbocycles. The standard InChI is InChI=1S/C15H14N2O2/c18-14-8-6-11(9-16-14)15(19)17-13-7-5-10-3-1-2-4-12(10)13/h1-4,6,8-9,13H,5,7H2,(H,16,18)(H,17,19)/t13-/m0/s1. The number of amides is 1. The van der Waals surface area contributed by atoms with Gasteiger partial charge in [-0.3, -0.25) is 9.59 Å². The van der Waals surface area contributed by atoms with E-state index in [0.717, 1.165) is 12.8 Å². The van der Waals surface area contributed by atoms with Crippen LogP contribution < -0.4 is 10.9 Å². The van der Waals surface area contributed by atoms with Gasteiger partial charge in [0.05, 0.1) is 11.6 Å². The summed E-state index contributed by atoms with van der Waals surface area (Å²) in [5, 5.41) is 3.01. The molecule has 1 atom stereocenters. The van der Waals surface area contributed by atoms with Gasteiger partial charge in [-0.15, -0.1) is 0 Å². The first kappa shape index (κ1) is 11.7. The molecule has 0 unspecified atom stereocenters. The maximum atomic E-state index is 12.1. The molecule has 1 heterocycles. The minimum Gasteiger partial charge on any atom is -0.345 e. The molecular weight excluding hydrogens is 240 g/mol. The SMILES string of the molecule is O=C(N[C@H]1CCc2ccccc21)c1ccc(=O)[nH]c1. The van der Waals surface area contributed by atoms with Gasteiger partial charge in [0.2, 0.25) is 5.56 Å². The van der Waals surface area contributed by atoms with Gasteiger partial charge in [0.1, 0.15) is 0 Å². The molecule has 2 aromatic rings. The van der Waals surface area contributed by atoms with Crippen LogP contribution in [0.2, 0.25) is 0 Å². The lowest BCUT2D eigenvalue weighted by molar-refractivity contribution is 0.0936. The van der Waals surface area contributed by atoms with Crippen molar-refractivity contribution in [3.8, 4) is 0 Å². The number of rotatable bonds is 2. The lowest BCUT2D eigenvalue weighted by Gasteiger charge is -2.13. The molecular formula is C15H14N2O2. The van der Waals surface area contributed by atoms with Crippen molar-refractivity contribution in [2.45, 2.75) is 18.9 Å². The van der Waals surface area contributed by atoms with Gasteiger partial charge >= 0.3 is 0 Å². The summed E-state index contributed by atoms with van der Waals surface area (Å²) in [6, 6.07) is 11.1. The van der Waals surface area contributed by atoms with E-state index in [1.807, 2.05) is 12.1 Å². The van der Waals surface area contributed by atoms with Gasteiger partial charge in [0.25, 0.3) is 5.91 Å². The van der Waals surface area contributed by atoms with E-state index in [1.54, 1.807) is 0 Å². The number of hydrogen-bond acceptors (Lipinski definition) is 2. The molecule has 0 aliphatic heterocycles. The highest BCUT2D eigenvalue weighted by Crippen LogP contribution is 2.30. The lowest BCUT2D eigenvalue weighted by Crippen LogP contribution is -2.27. The minimum atomic E-state index is -0.206. The van der Waals surface area contributed by atoms with E-state index < -0.39 is 0 Å². The fraction of sp³-hybridized carbons (Fsp3) is 0.200. The molecule has 3 rings (SSSR count). The number of pyridine rings is 1. The predicted molar refractivity (Wildman–Crippen MR) is 72.0 cm³/mol. The van der Waals surface area contributed by atoms with Crippen LogP contribution in [0, 0.1) is 0 Å². The van der Waals surface area contributed by atoms with Crippen molar-refractivity contribution in [3.63, 3.8) is 0 Å². The molecule has 0 spiro atoms. The number of benzene rings is 1. The zero-order valence-electron chi connectivity index (χ0n) is 10.3. The third kappa shape index (κ3) is 2.29. The molecule has 0 fully saturated rings. The molecule has 1 aromatic carbocycles. The number of nitrogens with one attached hydrogen (secondary N) is 2. The van der Waals surface area contributed by atoms with Crippen LogP contribution in [-0.2, 0) is 6.42 Å². The van der Waals surface area contributed by atoms with Gasteiger partial charge in [0.15, 0.2) is 0 Å². The molecule has 0 saturated carbocycles. The maximum absolute atomic E-state index is 12.1. The molecule has 0 saturated heterocycles. The van der Waals surface area contributed by atoms with Gasteiger partial charge in [-0.1, -0.05) is 24.3 Å².